The van der Waals surface area contributed by atoms with Gasteiger partial charge >= 0.3 is 7.82 Å². The van der Waals surface area contributed by atoms with Crippen molar-refractivity contribution in [3.8, 4) is 0 Å². The van der Waals surface area contributed by atoms with Crippen LogP contribution in [-0.4, -0.2) is 13.2 Å². The minimum atomic E-state index is -4.04. The largest absolute Gasteiger partial charge is 0.506 e. The summed E-state index contributed by atoms with van der Waals surface area (Å²) in [6.45, 7) is 6.33. The maximum atomic E-state index is 11.6. The van der Waals surface area contributed by atoms with Crippen LogP contribution >= 0.6 is 7.82 Å². The molecule has 0 aromatic carbocycles. The molecule has 0 aromatic heterocycles. The number of hydrogen-bond acceptors (Lipinski definition) is 4. The molecule has 4 nitrogen and oxygen atoms in total. The average molecular weight is 196 g/mol. The van der Waals surface area contributed by atoms with Crippen LogP contribution in [0, 0.1) is 0 Å². The molecule has 0 fully saturated rings. The molecular formula is C6H10FO4P. The Balaban J connectivity index is 3.94. The second-order valence-corrected chi connectivity index (χ2v) is 3.23. The second kappa shape index (κ2) is 6.08. The summed E-state index contributed by atoms with van der Waals surface area (Å²) in [7, 11) is -4.04. The van der Waals surface area contributed by atoms with Gasteiger partial charge < -0.3 is 0 Å². The normalized spacial score (nSPS) is 11.1. The van der Waals surface area contributed by atoms with Gasteiger partial charge in [0.2, 0.25) is 0 Å². The zero-order chi connectivity index (χ0) is 9.45. The van der Waals surface area contributed by atoms with Gasteiger partial charge in [0.1, 0.15) is 0 Å². The lowest BCUT2D eigenvalue weighted by Crippen LogP contribution is -1.96. The topological polar surface area (TPSA) is 44.8 Å². The lowest BCUT2D eigenvalue weighted by Gasteiger charge is -2.09. The summed E-state index contributed by atoms with van der Waals surface area (Å²) in [5.41, 5.74) is 0. The van der Waals surface area contributed by atoms with Gasteiger partial charge in [-0.25, -0.2) is 4.57 Å². The summed E-state index contributed by atoms with van der Waals surface area (Å²) in [4.78, 5) is 0. The fraction of sp³-hybridized carbons (Fsp3) is 0.333. The van der Waals surface area contributed by atoms with Crippen molar-refractivity contribution in [2.24, 2.45) is 0 Å². The average Bonchev–Trinajstić information content (AvgIpc) is 2.11. The molecule has 0 rings (SSSR count). The lowest BCUT2D eigenvalue weighted by molar-refractivity contribution is -0.0531. The lowest BCUT2D eigenvalue weighted by atomic mass is 10.7. The standard InChI is InChI=1S/C6H10FO4P/c1-3-5-9-12(8,11-7)10-6-4-2/h3-4H,1-2,5-6H2. The molecule has 0 N–H and O–H groups in total. The first kappa shape index (κ1) is 11.5. The van der Waals surface area contributed by atoms with E-state index in [9.17, 15) is 9.09 Å². The van der Waals surface area contributed by atoms with Gasteiger partial charge in [0.05, 0.1) is 13.2 Å². The van der Waals surface area contributed by atoms with Gasteiger partial charge in [-0.1, -0.05) is 16.9 Å². The summed E-state index contributed by atoms with van der Waals surface area (Å²) < 4.78 is 34.4. The van der Waals surface area contributed by atoms with E-state index in [-0.39, 0.29) is 13.2 Å². The van der Waals surface area contributed by atoms with E-state index in [1.807, 2.05) is 0 Å². The summed E-state index contributed by atoms with van der Waals surface area (Å²) >= 11 is 0. The van der Waals surface area contributed by atoms with E-state index in [0.717, 1.165) is 0 Å². The maximum Gasteiger partial charge on any atom is 0.506 e. The molecule has 0 spiro atoms. The number of rotatable bonds is 7. The Bertz CT molecular complexity index is 178. The fourth-order valence-corrected chi connectivity index (χ4v) is 1.10. The predicted molar refractivity (Wildman–Crippen MR) is 42.1 cm³/mol. The van der Waals surface area contributed by atoms with Crippen molar-refractivity contribution in [2.75, 3.05) is 13.2 Å². The molecule has 0 saturated heterocycles. The van der Waals surface area contributed by atoms with E-state index >= 15 is 0 Å². The molecule has 0 unspecified atom stereocenters. The SMILES string of the molecule is C=CCOP(=O)(OF)OCC=C. The van der Waals surface area contributed by atoms with E-state index in [1.165, 1.54) is 12.2 Å². The van der Waals surface area contributed by atoms with Crippen molar-refractivity contribution >= 4 is 7.82 Å². The van der Waals surface area contributed by atoms with Crippen LogP contribution in [0.3, 0.4) is 0 Å². The van der Waals surface area contributed by atoms with E-state index in [4.69, 9.17) is 0 Å². The van der Waals surface area contributed by atoms with Gasteiger partial charge in [0.25, 0.3) is 0 Å². The summed E-state index contributed by atoms with van der Waals surface area (Å²) in [5.74, 6) is 0. The van der Waals surface area contributed by atoms with Gasteiger partial charge in [-0.2, -0.15) is 0 Å². The predicted octanol–water partition coefficient (Wildman–Crippen LogP) is 2.40. The first-order chi connectivity index (χ1) is 5.68. The Morgan fingerprint density at radius 2 is 1.67 bits per heavy atom. The molecule has 0 saturated carbocycles. The van der Waals surface area contributed by atoms with Crippen molar-refractivity contribution in [3.63, 3.8) is 0 Å². The second-order valence-electron chi connectivity index (χ2n) is 1.69. The molecule has 0 atom stereocenters. The highest BCUT2D eigenvalue weighted by Gasteiger charge is 2.26. The Morgan fingerprint density at radius 3 is 1.92 bits per heavy atom. The van der Waals surface area contributed by atoms with Crippen LogP contribution in [-0.2, 0) is 18.3 Å². The summed E-state index contributed by atoms with van der Waals surface area (Å²) in [6, 6.07) is 0. The third-order valence-corrected chi connectivity index (χ3v) is 1.89. The quantitative estimate of drug-likeness (QED) is 0.463. The van der Waals surface area contributed by atoms with Crippen molar-refractivity contribution in [1.82, 2.24) is 0 Å². The van der Waals surface area contributed by atoms with E-state index in [2.05, 4.69) is 26.9 Å². The summed E-state index contributed by atoms with van der Waals surface area (Å²) in [6.07, 6.45) is 2.59. The molecular weight excluding hydrogens is 186 g/mol. The molecule has 12 heavy (non-hydrogen) atoms. The first-order valence-corrected chi connectivity index (χ1v) is 4.56. The van der Waals surface area contributed by atoms with Crippen molar-refractivity contribution in [3.05, 3.63) is 25.3 Å². The highest BCUT2D eigenvalue weighted by molar-refractivity contribution is 7.48. The van der Waals surface area contributed by atoms with Crippen LogP contribution in [0.25, 0.3) is 0 Å². The Morgan fingerprint density at radius 1 is 1.25 bits per heavy atom. The van der Waals surface area contributed by atoms with Gasteiger partial charge in [-0.15, -0.1) is 13.2 Å². The number of phosphoric ester groups is 1. The molecule has 0 radical (unpaired) electrons. The van der Waals surface area contributed by atoms with Gasteiger partial charge in [0, 0.05) is 0 Å². The van der Waals surface area contributed by atoms with Crippen LogP contribution in [0.4, 0.5) is 4.53 Å². The molecule has 0 aliphatic carbocycles. The van der Waals surface area contributed by atoms with Crippen molar-refractivity contribution in [2.45, 2.75) is 0 Å². The van der Waals surface area contributed by atoms with Crippen LogP contribution < -0.4 is 0 Å². The third-order valence-electron chi connectivity index (χ3n) is 0.786. The minimum Gasteiger partial charge on any atom is -0.281 e. The van der Waals surface area contributed by atoms with Crippen LogP contribution in [0.5, 0.6) is 0 Å². The van der Waals surface area contributed by atoms with Gasteiger partial charge in [-0.3, -0.25) is 9.05 Å². The fourth-order valence-electron chi connectivity index (χ4n) is 0.365. The number of hydrogen-bond donors (Lipinski definition) is 0. The zero-order valence-corrected chi connectivity index (χ0v) is 7.34. The molecule has 0 aliphatic rings. The van der Waals surface area contributed by atoms with Crippen LogP contribution in [0.15, 0.2) is 25.3 Å². The number of halogens is 1. The van der Waals surface area contributed by atoms with E-state index in [0.29, 0.717) is 0 Å². The van der Waals surface area contributed by atoms with Gasteiger partial charge in [0.15, 0.2) is 0 Å². The Hall–Kier alpha value is -0.480. The molecule has 0 bridgehead atoms. The minimum absolute atomic E-state index is 0.113. The van der Waals surface area contributed by atoms with E-state index in [1.54, 1.807) is 0 Å². The van der Waals surface area contributed by atoms with Crippen molar-refractivity contribution < 1.29 is 22.9 Å². The Kier molecular flexibility index (Phi) is 5.84. The van der Waals surface area contributed by atoms with Crippen molar-refractivity contribution in [1.29, 1.82) is 0 Å². The summed E-state index contributed by atoms with van der Waals surface area (Å²) in [5, 5.41) is 0. The third kappa shape index (κ3) is 4.41. The van der Waals surface area contributed by atoms with Crippen LogP contribution in [0.2, 0.25) is 0 Å². The molecule has 0 aromatic rings. The molecule has 0 heterocycles. The highest BCUT2D eigenvalue weighted by atomic mass is 31.2. The first-order valence-electron chi connectivity index (χ1n) is 3.09. The smallest absolute Gasteiger partial charge is 0.281 e. The molecule has 0 amide bonds. The number of phosphoric acid groups is 1. The van der Waals surface area contributed by atoms with Crippen LogP contribution in [0.1, 0.15) is 0 Å². The highest BCUT2D eigenvalue weighted by Crippen LogP contribution is 2.49. The monoisotopic (exact) mass is 196 g/mol. The molecule has 70 valence electrons. The molecule has 0 aliphatic heterocycles. The maximum absolute atomic E-state index is 11.6. The van der Waals surface area contributed by atoms with E-state index < -0.39 is 7.82 Å². The molecule has 6 heteroatoms. The Labute approximate surface area is 70.1 Å². The van der Waals surface area contributed by atoms with Gasteiger partial charge in [-0.05, 0) is 4.53 Å². The zero-order valence-electron chi connectivity index (χ0n) is 6.44.